The SMILES string of the molecule is COC1C(OP(=O)(O[C@H]2O[C@@H](n3cnc4c(N)ncnc43)CC2O)SCOC(=O)C(Cc2ccccc2)NC(=O)C(C)(C)C)[C@@H](CO)O[C@H]1n1ccc(=O)[nH]c1=O. The number of benzene rings is 1. The van der Waals surface area contributed by atoms with Gasteiger partial charge in [0.2, 0.25) is 5.91 Å². The second-order valence-corrected chi connectivity index (χ2v) is 18.0. The molecule has 1 aromatic carbocycles. The van der Waals surface area contributed by atoms with Crippen LogP contribution < -0.4 is 22.3 Å². The number of nitrogens with two attached hydrogens (primary N) is 1. The molecule has 9 atom stereocenters. The molecular weight excluding hydrogens is 791 g/mol. The van der Waals surface area contributed by atoms with Crippen LogP contribution >= 0.6 is 18.2 Å². The van der Waals surface area contributed by atoms with Gasteiger partial charge >= 0.3 is 18.5 Å². The number of esters is 1. The number of nitrogens with one attached hydrogen (secondary N) is 2. The predicted octanol–water partition coefficient (Wildman–Crippen LogP) is 0.987. The molecule has 57 heavy (non-hydrogen) atoms. The molecule has 0 aliphatic carbocycles. The summed E-state index contributed by atoms with van der Waals surface area (Å²) < 4.78 is 52.4. The lowest BCUT2D eigenvalue weighted by molar-refractivity contribution is -0.146. The van der Waals surface area contributed by atoms with E-state index in [1.165, 1.54) is 24.3 Å². The number of carbonyl (C=O) groups is 2. The number of aliphatic hydroxyl groups excluding tert-OH is 2. The lowest BCUT2D eigenvalue weighted by Gasteiger charge is -2.29. The number of amides is 1. The van der Waals surface area contributed by atoms with Gasteiger partial charge in [-0.2, -0.15) is 0 Å². The van der Waals surface area contributed by atoms with Gasteiger partial charge in [0.25, 0.3) is 5.56 Å². The molecule has 0 saturated carbocycles. The quantitative estimate of drug-likeness (QED) is 0.0634. The number of ether oxygens (including phenoxy) is 4. The van der Waals surface area contributed by atoms with Crippen molar-refractivity contribution in [3.8, 4) is 0 Å². The minimum atomic E-state index is -4.68. The van der Waals surface area contributed by atoms with Crippen molar-refractivity contribution in [2.75, 3.05) is 25.4 Å². The van der Waals surface area contributed by atoms with Crippen LogP contribution in [0.1, 0.15) is 45.2 Å². The Morgan fingerprint density at radius 2 is 1.86 bits per heavy atom. The first-order chi connectivity index (χ1) is 27.1. The number of fused-ring (bicyclic) bond motifs is 1. The van der Waals surface area contributed by atoms with Crippen molar-refractivity contribution in [1.29, 1.82) is 0 Å². The van der Waals surface area contributed by atoms with Crippen LogP contribution in [0.2, 0.25) is 0 Å². The third kappa shape index (κ3) is 9.62. The van der Waals surface area contributed by atoms with E-state index < -0.39 is 97.1 Å². The smallest absolute Gasteiger partial charge is 0.395 e. The number of anilines is 1. The Kier molecular flexibility index (Phi) is 13.0. The molecule has 0 radical (unpaired) electrons. The summed E-state index contributed by atoms with van der Waals surface area (Å²) in [6.07, 6.45) is -5.38. The Balaban J connectivity index is 1.25. The van der Waals surface area contributed by atoms with Crippen molar-refractivity contribution in [1.82, 2.24) is 34.4 Å². The Morgan fingerprint density at radius 3 is 2.54 bits per heavy atom. The predicted molar refractivity (Wildman–Crippen MR) is 201 cm³/mol. The fourth-order valence-electron chi connectivity index (χ4n) is 6.09. The number of imidazole rings is 1. The summed E-state index contributed by atoms with van der Waals surface area (Å²) in [7, 11) is 1.26. The number of carbonyl (C=O) groups excluding carboxylic acids is 2. The van der Waals surface area contributed by atoms with E-state index in [0.29, 0.717) is 17.0 Å². The molecule has 23 heteroatoms. The molecule has 4 aromatic rings. The van der Waals surface area contributed by atoms with Gasteiger partial charge in [-0.3, -0.25) is 32.8 Å². The van der Waals surface area contributed by atoms with Gasteiger partial charge in [0.1, 0.15) is 54.5 Å². The maximum absolute atomic E-state index is 14.9. The molecule has 5 unspecified atom stereocenters. The summed E-state index contributed by atoms with van der Waals surface area (Å²) in [6.45, 7) is -0.325. The molecule has 1 amide bonds. The van der Waals surface area contributed by atoms with Gasteiger partial charge in [-0.1, -0.05) is 51.1 Å². The zero-order valence-electron chi connectivity index (χ0n) is 31.2. The first-order valence-electron chi connectivity index (χ1n) is 17.6. The topological polar surface area (TPSA) is 284 Å². The van der Waals surface area contributed by atoms with Gasteiger partial charge in [-0.15, -0.1) is 0 Å². The van der Waals surface area contributed by atoms with E-state index in [-0.39, 0.29) is 24.2 Å². The molecule has 2 saturated heterocycles. The Bertz CT molecular complexity index is 2220. The van der Waals surface area contributed by atoms with Crippen molar-refractivity contribution in [2.24, 2.45) is 5.41 Å². The number of nitrogens with zero attached hydrogens (tertiary/aromatic N) is 5. The summed E-state index contributed by atoms with van der Waals surface area (Å²) in [5.41, 5.74) is 4.88. The van der Waals surface area contributed by atoms with Crippen LogP contribution in [0.4, 0.5) is 5.82 Å². The van der Waals surface area contributed by atoms with Crippen LogP contribution in [0.3, 0.4) is 0 Å². The number of aromatic nitrogens is 6. The van der Waals surface area contributed by atoms with E-state index in [1.807, 2.05) is 0 Å². The Labute approximate surface area is 328 Å². The zero-order valence-corrected chi connectivity index (χ0v) is 32.9. The maximum atomic E-state index is 14.9. The van der Waals surface area contributed by atoms with Gasteiger partial charge in [-0.05, 0) is 5.56 Å². The summed E-state index contributed by atoms with van der Waals surface area (Å²) in [5, 5.41) is 24.2. The number of rotatable bonds is 15. The highest BCUT2D eigenvalue weighted by molar-refractivity contribution is 8.55. The first kappa shape index (κ1) is 42.1. The molecule has 2 aliphatic rings. The number of hydrogen-bond donors (Lipinski definition) is 5. The van der Waals surface area contributed by atoms with E-state index in [1.54, 1.807) is 51.1 Å². The molecule has 0 spiro atoms. The van der Waals surface area contributed by atoms with Gasteiger partial charge in [-0.25, -0.2) is 29.1 Å². The third-order valence-corrected chi connectivity index (χ3v) is 12.3. The summed E-state index contributed by atoms with van der Waals surface area (Å²) in [4.78, 5) is 65.4. The average molecular weight is 835 g/mol. The largest absolute Gasteiger partial charge is 0.452 e. The fraction of sp³-hybridized carbons (Fsp3) is 0.500. The van der Waals surface area contributed by atoms with Crippen LogP contribution in [-0.4, -0.2) is 108 Å². The van der Waals surface area contributed by atoms with E-state index in [0.717, 1.165) is 22.4 Å². The monoisotopic (exact) mass is 834 g/mol. The number of H-pyrrole nitrogens is 1. The van der Waals surface area contributed by atoms with Crippen molar-refractivity contribution < 1.29 is 52.4 Å². The van der Waals surface area contributed by atoms with E-state index in [4.69, 9.17) is 33.7 Å². The number of methoxy groups -OCH3 is 1. The summed E-state index contributed by atoms with van der Waals surface area (Å²) >= 11 is 0.406. The minimum absolute atomic E-state index is 0.0818. The van der Waals surface area contributed by atoms with Gasteiger partial charge in [0.05, 0.1) is 12.9 Å². The number of hydrogen-bond acceptors (Lipinski definition) is 18. The van der Waals surface area contributed by atoms with E-state index in [2.05, 4.69) is 25.3 Å². The van der Waals surface area contributed by atoms with E-state index >= 15 is 0 Å². The highest BCUT2D eigenvalue weighted by Gasteiger charge is 2.52. The number of aromatic amines is 1. The highest BCUT2D eigenvalue weighted by Crippen LogP contribution is 2.64. The molecule has 3 aromatic heterocycles. The second-order valence-electron chi connectivity index (χ2n) is 14.1. The lowest BCUT2D eigenvalue weighted by atomic mass is 9.94. The van der Waals surface area contributed by atoms with Crippen molar-refractivity contribution in [2.45, 2.75) is 82.8 Å². The molecule has 0 bridgehead atoms. The number of aliphatic hydroxyl groups is 2. The van der Waals surface area contributed by atoms with E-state index in [9.17, 15) is 34.0 Å². The lowest BCUT2D eigenvalue weighted by Crippen LogP contribution is -2.47. The van der Waals surface area contributed by atoms with Crippen molar-refractivity contribution >= 4 is 47.0 Å². The Morgan fingerprint density at radius 1 is 1.11 bits per heavy atom. The van der Waals surface area contributed by atoms with Gasteiger partial charge in [0.15, 0.2) is 24.0 Å². The van der Waals surface area contributed by atoms with Crippen molar-refractivity contribution in [3.05, 3.63) is 81.7 Å². The molecule has 5 heterocycles. The normalized spacial score (nSPS) is 25.3. The van der Waals surface area contributed by atoms with Crippen LogP contribution in [0, 0.1) is 5.41 Å². The molecule has 308 valence electrons. The van der Waals surface area contributed by atoms with Crippen LogP contribution in [0.25, 0.3) is 11.2 Å². The Hall–Kier alpha value is -4.51. The second kappa shape index (κ2) is 17.5. The maximum Gasteiger partial charge on any atom is 0.395 e. The molecular formula is C34H43N8O13PS. The highest BCUT2D eigenvalue weighted by atomic mass is 32.7. The first-order valence-corrected chi connectivity index (χ1v) is 20.7. The molecule has 2 aliphatic heterocycles. The van der Waals surface area contributed by atoms with Crippen LogP contribution in [-0.2, 0) is 48.6 Å². The van der Waals surface area contributed by atoms with Crippen LogP contribution in [0.5, 0.6) is 0 Å². The molecule has 6 N–H and O–H groups in total. The molecule has 6 rings (SSSR count). The van der Waals surface area contributed by atoms with Gasteiger partial charge < -0.3 is 40.2 Å². The summed E-state index contributed by atoms with van der Waals surface area (Å²) in [6, 6.07) is 8.87. The minimum Gasteiger partial charge on any atom is -0.452 e. The summed E-state index contributed by atoms with van der Waals surface area (Å²) in [5.74, 6) is -1.81. The molecule has 2 fully saturated rings. The van der Waals surface area contributed by atoms with Crippen LogP contribution in [0.15, 0.2) is 64.8 Å². The van der Waals surface area contributed by atoms with Crippen molar-refractivity contribution in [3.63, 3.8) is 0 Å². The fourth-order valence-corrected chi connectivity index (χ4v) is 9.02. The number of nitrogen functional groups attached to an aromatic ring is 1. The van der Waals surface area contributed by atoms with Gasteiger partial charge in [0, 0.05) is 49.0 Å². The average Bonchev–Trinajstić information content (AvgIpc) is 3.86. The standard InChI is InChI=1S/C34H43N8O13PS/c1-34(2,3)32(47)39-19(12-18-8-6-5-7-9-18)30(46)51-17-57-56(49,54-25-21(14-43)52-29(26(25)50-4)41-11-10-22(45)40-33(41)48)55-31-20(44)13-23(53-31)42-16-38-24-27(35)36-15-37-28(24)42/h5-11,15-16,19-21,23,25-26,29,31,43-44H,12-14,17H2,1-4H3,(H,39,47)(H2,35,36,37)(H,40,45,48)/t19?,20?,21-,23-,25?,26?,29-,31-,56?/m1/s1. The molecule has 21 nitrogen and oxygen atoms in total. The zero-order chi connectivity index (χ0) is 41.1. The third-order valence-electron chi connectivity index (χ3n) is 9.06.